The van der Waals surface area contributed by atoms with Crippen molar-refractivity contribution in [1.82, 2.24) is 0 Å². The molecule has 3 N–H and O–H groups in total. The molecule has 0 heterocycles. The molecule has 1 unspecified atom stereocenters. The summed E-state index contributed by atoms with van der Waals surface area (Å²) in [5.41, 5.74) is 5.94. The third-order valence-corrected chi connectivity index (χ3v) is 4.03. The number of nitrogens with two attached hydrogens (primary N) is 1. The highest BCUT2D eigenvalue weighted by Gasteiger charge is 2.44. The van der Waals surface area contributed by atoms with Gasteiger partial charge < -0.3 is 10.8 Å². The average molecular weight is 258 g/mol. The minimum absolute atomic E-state index is 0.000119. The fourth-order valence-corrected chi connectivity index (χ4v) is 2.59. The number of aliphatic hydroxyl groups is 1. The van der Waals surface area contributed by atoms with E-state index in [1.54, 1.807) is 12.1 Å². The molecule has 1 fully saturated rings. The summed E-state index contributed by atoms with van der Waals surface area (Å²) >= 11 is 5.76. The standard InChI is InChI=1S/C13H17ClFNO/c14-11-3-1-2-9(12(11)15)6-13(7-16,8-17)10-4-5-10/h1-3,10,17H,4-8,16H2. The van der Waals surface area contributed by atoms with E-state index in [1.165, 1.54) is 6.07 Å². The van der Waals surface area contributed by atoms with E-state index in [9.17, 15) is 9.50 Å². The summed E-state index contributed by atoms with van der Waals surface area (Å²) < 4.78 is 13.8. The minimum atomic E-state index is -0.388. The molecule has 0 radical (unpaired) electrons. The highest BCUT2D eigenvalue weighted by atomic mass is 35.5. The maximum absolute atomic E-state index is 13.8. The summed E-state index contributed by atoms with van der Waals surface area (Å²) in [7, 11) is 0. The number of rotatable bonds is 5. The first-order valence-corrected chi connectivity index (χ1v) is 6.24. The SMILES string of the molecule is NCC(CO)(Cc1cccc(Cl)c1F)C1CC1. The van der Waals surface area contributed by atoms with Gasteiger partial charge in [0.15, 0.2) is 0 Å². The number of aliphatic hydroxyl groups excluding tert-OH is 1. The Hall–Kier alpha value is -0.640. The van der Waals surface area contributed by atoms with Crippen LogP contribution < -0.4 is 5.73 Å². The van der Waals surface area contributed by atoms with E-state index in [0.29, 0.717) is 24.4 Å². The van der Waals surface area contributed by atoms with Crippen LogP contribution in [0.2, 0.25) is 5.02 Å². The topological polar surface area (TPSA) is 46.2 Å². The van der Waals surface area contributed by atoms with Crippen molar-refractivity contribution >= 4 is 11.6 Å². The molecule has 1 aliphatic rings. The minimum Gasteiger partial charge on any atom is -0.396 e. The molecular weight excluding hydrogens is 241 g/mol. The van der Waals surface area contributed by atoms with Crippen LogP contribution in [0.3, 0.4) is 0 Å². The van der Waals surface area contributed by atoms with Crippen LogP contribution >= 0.6 is 11.6 Å². The molecule has 17 heavy (non-hydrogen) atoms. The lowest BCUT2D eigenvalue weighted by molar-refractivity contribution is 0.108. The molecule has 2 rings (SSSR count). The van der Waals surface area contributed by atoms with Gasteiger partial charge in [-0.25, -0.2) is 4.39 Å². The van der Waals surface area contributed by atoms with Gasteiger partial charge in [-0.1, -0.05) is 23.7 Å². The Balaban J connectivity index is 2.25. The molecule has 1 aromatic rings. The van der Waals surface area contributed by atoms with Crippen molar-refractivity contribution < 1.29 is 9.50 Å². The number of hydrogen-bond acceptors (Lipinski definition) is 2. The van der Waals surface area contributed by atoms with Crippen molar-refractivity contribution in [2.24, 2.45) is 17.1 Å². The lowest BCUT2D eigenvalue weighted by Crippen LogP contribution is -2.38. The van der Waals surface area contributed by atoms with Crippen LogP contribution in [0.5, 0.6) is 0 Å². The molecule has 0 spiro atoms. The largest absolute Gasteiger partial charge is 0.396 e. The Labute approximate surface area is 106 Å². The van der Waals surface area contributed by atoms with Crippen LogP contribution in [0.1, 0.15) is 18.4 Å². The Morgan fingerprint density at radius 2 is 2.18 bits per heavy atom. The van der Waals surface area contributed by atoms with Gasteiger partial charge in [0.25, 0.3) is 0 Å². The van der Waals surface area contributed by atoms with Crippen molar-refractivity contribution in [2.75, 3.05) is 13.2 Å². The lowest BCUT2D eigenvalue weighted by Gasteiger charge is -2.31. The Morgan fingerprint density at radius 3 is 2.71 bits per heavy atom. The van der Waals surface area contributed by atoms with E-state index in [0.717, 1.165) is 12.8 Å². The normalized spacial score (nSPS) is 19.1. The molecule has 1 saturated carbocycles. The van der Waals surface area contributed by atoms with Gasteiger partial charge in [-0.2, -0.15) is 0 Å². The van der Waals surface area contributed by atoms with E-state index in [-0.39, 0.29) is 22.9 Å². The molecule has 0 bridgehead atoms. The molecule has 0 saturated heterocycles. The summed E-state index contributed by atoms with van der Waals surface area (Å²) in [6.07, 6.45) is 2.59. The maximum atomic E-state index is 13.8. The second-order valence-electron chi connectivity index (χ2n) is 4.89. The molecule has 1 aliphatic carbocycles. The maximum Gasteiger partial charge on any atom is 0.144 e. The summed E-state index contributed by atoms with van der Waals surface area (Å²) in [5, 5.41) is 9.70. The van der Waals surface area contributed by atoms with Gasteiger partial charge in [0.2, 0.25) is 0 Å². The van der Waals surface area contributed by atoms with Crippen molar-refractivity contribution in [3.63, 3.8) is 0 Å². The molecule has 0 aliphatic heterocycles. The highest BCUT2D eigenvalue weighted by Crippen LogP contribution is 2.47. The van der Waals surface area contributed by atoms with E-state index in [1.807, 2.05) is 0 Å². The monoisotopic (exact) mass is 257 g/mol. The fraction of sp³-hybridized carbons (Fsp3) is 0.538. The lowest BCUT2D eigenvalue weighted by atomic mass is 9.77. The molecule has 0 amide bonds. The van der Waals surface area contributed by atoms with Crippen LogP contribution in [0.25, 0.3) is 0 Å². The van der Waals surface area contributed by atoms with Gasteiger partial charge in [0.05, 0.1) is 11.6 Å². The summed E-state index contributed by atoms with van der Waals surface area (Å²) in [5.74, 6) is 0.0250. The first kappa shape index (κ1) is 12.8. The van der Waals surface area contributed by atoms with Crippen molar-refractivity contribution in [3.8, 4) is 0 Å². The Kier molecular flexibility index (Phi) is 3.71. The van der Waals surface area contributed by atoms with Crippen LogP contribution in [-0.2, 0) is 6.42 Å². The molecule has 1 aromatic carbocycles. The van der Waals surface area contributed by atoms with E-state index in [4.69, 9.17) is 17.3 Å². The van der Waals surface area contributed by atoms with Crippen LogP contribution in [0.15, 0.2) is 18.2 Å². The second kappa shape index (κ2) is 4.92. The van der Waals surface area contributed by atoms with Gasteiger partial charge in [-0.3, -0.25) is 0 Å². The van der Waals surface area contributed by atoms with Gasteiger partial charge in [0.1, 0.15) is 5.82 Å². The number of hydrogen-bond donors (Lipinski definition) is 2. The van der Waals surface area contributed by atoms with Crippen LogP contribution in [0, 0.1) is 17.2 Å². The Morgan fingerprint density at radius 1 is 1.47 bits per heavy atom. The van der Waals surface area contributed by atoms with Gasteiger partial charge in [0, 0.05) is 12.0 Å². The molecule has 4 heteroatoms. The third kappa shape index (κ3) is 2.46. The second-order valence-corrected chi connectivity index (χ2v) is 5.30. The van der Waals surface area contributed by atoms with Crippen molar-refractivity contribution in [1.29, 1.82) is 0 Å². The Bertz CT molecular complexity index is 402. The van der Waals surface area contributed by atoms with E-state index < -0.39 is 0 Å². The van der Waals surface area contributed by atoms with Gasteiger partial charge in [-0.05, 0) is 36.8 Å². The van der Waals surface area contributed by atoms with Crippen LogP contribution in [-0.4, -0.2) is 18.3 Å². The van der Waals surface area contributed by atoms with Crippen molar-refractivity contribution in [3.05, 3.63) is 34.6 Å². The van der Waals surface area contributed by atoms with E-state index in [2.05, 4.69) is 0 Å². The quantitative estimate of drug-likeness (QED) is 0.851. The summed E-state index contributed by atoms with van der Waals surface area (Å²) in [6.45, 7) is 0.375. The van der Waals surface area contributed by atoms with E-state index >= 15 is 0 Å². The molecule has 94 valence electrons. The summed E-state index contributed by atoms with van der Waals surface area (Å²) in [6, 6.07) is 4.97. The zero-order valence-electron chi connectivity index (χ0n) is 9.63. The number of halogens is 2. The fourth-order valence-electron chi connectivity index (χ4n) is 2.39. The predicted octanol–water partition coefficient (Wildman–Crippen LogP) is 2.37. The predicted molar refractivity (Wildman–Crippen MR) is 66.4 cm³/mol. The zero-order valence-corrected chi connectivity index (χ0v) is 10.4. The highest BCUT2D eigenvalue weighted by molar-refractivity contribution is 6.30. The molecule has 0 aromatic heterocycles. The first-order chi connectivity index (χ1) is 8.13. The average Bonchev–Trinajstić information content (AvgIpc) is 3.16. The van der Waals surface area contributed by atoms with Gasteiger partial charge in [-0.15, -0.1) is 0 Å². The van der Waals surface area contributed by atoms with Crippen molar-refractivity contribution in [2.45, 2.75) is 19.3 Å². The first-order valence-electron chi connectivity index (χ1n) is 5.87. The smallest absolute Gasteiger partial charge is 0.144 e. The van der Waals surface area contributed by atoms with Gasteiger partial charge >= 0.3 is 0 Å². The third-order valence-electron chi connectivity index (χ3n) is 3.74. The summed E-state index contributed by atoms with van der Waals surface area (Å²) in [4.78, 5) is 0. The zero-order chi connectivity index (χ0) is 12.5. The molecule has 2 nitrogen and oxygen atoms in total. The van der Waals surface area contributed by atoms with Crippen LogP contribution in [0.4, 0.5) is 4.39 Å². The molecular formula is C13H17ClFNO. The molecule has 1 atom stereocenters. The number of benzene rings is 1.